The summed E-state index contributed by atoms with van der Waals surface area (Å²) in [4.78, 5) is 17.8. The number of carbonyl (C=O) groups excluding carboxylic acids is 1. The predicted molar refractivity (Wildman–Crippen MR) is 130 cm³/mol. The van der Waals surface area contributed by atoms with Gasteiger partial charge in [0.1, 0.15) is 23.4 Å². The highest BCUT2D eigenvalue weighted by molar-refractivity contribution is 7.89. The molecule has 1 N–H and O–H groups in total. The molecule has 1 amide bonds. The molecule has 0 bridgehead atoms. The van der Waals surface area contributed by atoms with Crippen LogP contribution in [0, 0.1) is 17.8 Å². The molecule has 1 aliphatic heterocycles. The molecule has 9 nitrogen and oxygen atoms in total. The molecule has 3 rings (SSSR count). The lowest BCUT2D eigenvalue weighted by Crippen LogP contribution is -2.50. The Hall–Kier alpha value is -2.97. The molecule has 0 spiro atoms. The van der Waals surface area contributed by atoms with E-state index in [1.807, 2.05) is 13.0 Å². The van der Waals surface area contributed by atoms with Crippen LogP contribution in [0.2, 0.25) is 0 Å². The fourth-order valence-corrected chi connectivity index (χ4v) is 5.53. The average Bonchev–Trinajstić information content (AvgIpc) is 2.85. The Bertz CT molecular complexity index is 1190. The molecule has 1 aliphatic rings. The number of benzene rings is 1. The maximum atomic E-state index is 13.5. The molecule has 1 aromatic heterocycles. The lowest BCUT2D eigenvalue weighted by atomic mass is 10.0. The summed E-state index contributed by atoms with van der Waals surface area (Å²) in [6.45, 7) is 3.49. The lowest BCUT2D eigenvalue weighted by Gasteiger charge is -2.37. The van der Waals surface area contributed by atoms with E-state index in [1.54, 1.807) is 44.6 Å². The van der Waals surface area contributed by atoms with Gasteiger partial charge in [0.2, 0.25) is 15.9 Å². The summed E-state index contributed by atoms with van der Waals surface area (Å²) in [7, 11) is -0.859. The van der Waals surface area contributed by atoms with Crippen molar-refractivity contribution in [2.45, 2.75) is 30.9 Å². The van der Waals surface area contributed by atoms with Gasteiger partial charge < -0.3 is 19.5 Å². The van der Waals surface area contributed by atoms with E-state index in [2.05, 4.69) is 16.8 Å². The van der Waals surface area contributed by atoms with Crippen LogP contribution in [0.1, 0.15) is 25.0 Å². The van der Waals surface area contributed by atoms with Crippen molar-refractivity contribution in [1.82, 2.24) is 14.2 Å². The van der Waals surface area contributed by atoms with Gasteiger partial charge in [-0.15, -0.1) is 0 Å². The van der Waals surface area contributed by atoms with Gasteiger partial charge in [-0.05, 0) is 37.3 Å². The Kier molecular flexibility index (Phi) is 8.86. The van der Waals surface area contributed by atoms with Crippen LogP contribution >= 0.6 is 0 Å². The molecule has 0 aliphatic carbocycles. The Morgan fingerprint density at radius 2 is 2.09 bits per heavy atom. The van der Waals surface area contributed by atoms with Gasteiger partial charge in [-0.2, -0.15) is 4.31 Å². The van der Waals surface area contributed by atoms with Crippen LogP contribution in [-0.4, -0.2) is 86.2 Å². The first-order valence-electron chi connectivity index (χ1n) is 11.3. The van der Waals surface area contributed by atoms with Crippen LogP contribution in [0.5, 0.6) is 5.75 Å². The van der Waals surface area contributed by atoms with Crippen molar-refractivity contribution in [2.24, 2.45) is 5.92 Å². The quantitative estimate of drug-likeness (QED) is 0.595. The summed E-state index contributed by atoms with van der Waals surface area (Å²) in [5, 5.41) is 9.75. The van der Waals surface area contributed by atoms with E-state index in [4.69, 9.17) is 9.47 Å². The van der Waals surface area contributed by atoms with Crippen LogP contribution in [-0.2, 0) is 19.6 Å². The summed E-state index contributed by atoms with van der Waals surface area (Å²) in [5.41, 5.74) is 1.29. The summed E-state index contributed by atoms with van der Waals surface area (Å²) < 4.78 is 39.6. The summed E-state index contributed by atoms with van der Waals surface area (Å²) in [6, 6.07) is 7.67. The van der Waals surface area contributed by atoms with Gasteiger partial charge in [-0.3, -0.25) is 9.78 Å². The number of rotatable bonds is 6. The Morgan fingerprint density at radius 3 is 2.74 bits per heavy atom. The third-order valence-corrected chi connectivity index (χ3v) is 7.85. The van der Waals surface area contributed by atoms with Crippen LogP contribution in [0.4, 0.5) is 0 Å². The van der Waals surface area contributed by atoms with E-state index in [9.17, 15) is 18.3 Å². The van der Waals surface area contributed by atoms with E-state index in [0.717, 1.165) is 5.56 Å². The number of nitrogens with zero attached hydrogens (tertiary/aromatic N) is 3. The van der Waals surface area contributed by atoms with E-state index in [-0.39, 0.29) is 48.8 Å². The number of ether oxygens (including phenoxy) is 2. The second-order valence-electron chi connectivity index (χ2n) is 8.60. The number of amides is 1. The predicted octanol–water partition coefficient (Wildman–Crippen LogP) is 1.35. The van der Waals surface area contributed by atoms with Gasteiger partial charge in [0.25, 0.3) is 0 Å². The Morgan fingerprint density at radius 1 is 1.34 bits per heavy atom. The molecule has 3 atom stereocenters. The molecule has 10 heteroatoms. The normalized spacial score (nSPS) is 20.3. The first-order chi connectivity index (χ1) is 16.7. The maximum absolute atomic E-state index is 13.5. The van der Waals surface area contributed by atoms with Gasteiger partial charge in [0.05, 0.1) is 13.2 Å². The van der Waals surface area contributed by atoms with Crippen LogP contribution in [0.3, 0.4) is 0 Å². The number of aliphatic hydroxyl groups is 1. The number of hydrogen-bond acceptors (Lipinski definition) is 7. The molecule has 0 radical (unpaired) electrons. The molecule has 0 saturated heterocycles. The second kappa shape index (κ2) is 11.6. The van der Waals surface area contributed by atoms with E-state index in [0.29, 0.717) is 5.56 Å². The van der Waals surface area contributed by atoms with Gasteiger partial charge in [-0.25, -0.2) is 8.42 Å². The standard InChI is InChI=1S/C25H31N3O6S/c1-18-14-28(19(2)16-29)35(31,32)24-10-9-20(7-8-21-6-5-11-26-13-21)12-22(24)34-23(18)15-27(3)25(30)17-33-4/h5-6,9-13,18-19,23,29H,14-17H2,1-4H3/t18-,19+,23-/m0/s1. The number of carbonyl (C=O) groups is 1. The molecule has 0 fully saturated rings. The zero-order valence-corrected chi connectivity index (χ0v) is 21.2. The first kappa shape index (κ1) is 26.6. The van der Waals surface area contributed by atoms with Crippen molar-refractivity contribution in [1.29, 1.82) is 0 Å². The van der Waals surface area contributed by atoms with Crippen molar-refractivity contribution in [2.75, 3.05) is 40.5 Å². The first-order valence-corrected chi connectivity index (χ1v) is 12.7. The summed E-state index contributed by atoms with van der Waals surface area (Å²) in [5.74, 6) is 5.69. The lowest BCUT2D eigenvalue weighted by molar-refractivity contribution is -0.135. The highest BCUT2D eigenvalue weighted by Gasteiger charge is 2.38. The number of hydrogen-bond donors (Lipinski definition) is 1. The van der Waals surface area contributed by atoms with E-state index in [1.165, 1.54) is 22.4 Å². The molecule has 188 valence electrons. The minimum absolute atomic E-state index is 0.00695. The molecular formula is C25H31N3O6S. The van der Waals surface area contributed by atoms with Crippen LogP contribution < -0.4 is 4.74 Å². The molecule has 0 saturated carbocycles. The zero-order chi connectivity index (χ0) is 25.6. The van der Waals surface area contributed by atoms with Crippen molar-refractivity contribution >= 4 is 15.9 Å². The van der Waals surface area contributed by atoms with Crippen molar-refractivity contribution < 1.29 is 27.8 Å². The van der Waals surface area contributed by atoms with Crippen LogP contribution in [0.25, 0.3) is 0 Å². The Labute approximate surface area is 206 Å². The van der Waals surface area contributed by atoms with Crippen molar-refractivity contribution in [3.05, 3.63) is 53.9 Å². The topological polar surface area (TPSA) is 109 Å². The third kappa shape index (κ3) is 6.38. The minimum Gasteiger partial charge on any atom is -0.487 e. The fraction of sp³-hybridized carbons (Fsp3) is 0.440. The van der Waals surface area contributed by atoms with Crippen LogP contribution in [0.15, 0.2) is 47.6 Å². The smallest absolute Gasteiger partial charge is 0.248 e. The number of aromatic nitrogens is 1. The van der Waals surface area contributed by atoms with Crippen molar-refractivity contribution in [3.63, 3.8) is 0 Å². The highest BCUT2D eigenvalue weighted by atomic mass is 32.2. The number of likely N-dealkylation sites (N-methyl/N-ethyl adjacent to an activating group) is 1. The van der Waals surface area contributed by atoms with Gasteiger partial charge in [-0.1, -0.05) is 18.8 Å². The monoisotopic (exact) mass is 501 g/mol. The maximum Gasteiger partial charge on any atom is 0.248 e. The fourth-order valence-electron chi connectivity index (χ4n) is 3.71. The van der Waals surface area contributed by atoms with Gasteiger partial charge in [0.15, 0.2) is 0 Å². The number of pyridine rings is 1. The number of aliphatic hydroxyl groups excluding tert-OH is 1. The zero-order valence-electron chi connectivity index (χ0n) is 20.3. The number of methoxy groups -OCH3 is 1. The molecule has 1 aromatic carbocycles. The molecule has 35 heavy (non-hydrogen) atoms. The molecule has 2 aromatic rings. The highest BCUT2D eigenvalue weighted by Crippen LogP contribution is 2.34. The molecule has 2 heterocycles. The van der Waals surface area contributed by atoms with E-state index < -0.39 is 22.2 Å². The second-order valence-corrected chi connectivity index (χ2v) is 10.5. The van der Waals surface area contributed by atoms with Gasteiger partial charge in [0, 0.05) is 56.2 Å². The Balaban J connectivity index is 2.04. The largest absolute Gasteiger partial charge is 0.487 e. The SMILES string of the molecule is COCC(=O)N(C)C[C@@H]1Oc2cc(C#Cc3cccnc3)ccc2S(=O)(=O)N([C@H](C)CO)C[C@@H]1C. The third-order valence-electron chi connectivity index (χ3n) is 5.83. The number of fused-ring (bicyclic) bond motifs is 1. The average molecular weight is 502 g/mol. The number of sulfonamides is 1. The van der Waals surface area contributed by atoms with Gasteiger partial charge >= 0.3 is 0 Å². The molecule has 0 unspecified atom stereocenters. The van der Waals surface area contributed by atoms with E-state index >= 15 is 0 Å². The van der Waals surface area contributed by atoms with Crippen molar-refractivity contribution in [3.8, 4) is 17.6 Å². The summed E-state index contributed by atoms with van der Waals surface area (Å²) >= 11 is 0. The summed E-state index contributed by atoms with van der Waals surface area (Å²) in [6.07, 6.45) is 2.79. The molecular weight excluding hydrogens is 470 g/mol. The minimum atomic E-state index is -3.96.